The maximum absolute atomic E-state index is 6.48. The number of hydrogen-bond donors (Lipinski definition) is 0. The lowest BCUT2D eigenvalue weighted by atomic mass is 9.98. The zero-order valence-electron chi connectivity index (χ0n) is 13.6. The zero-order chi connectivity index (χ0) is 17.7. The fourth-order valence-electron chi connectivity index (χ4n) is 3.53. The molecule has 130 valence electrons. The Hall–Kier alpha value is -1.82. The average Bonchev–Trinajstić information content (AvgIpc) is 3.31. The zero-order valence-corrected chi connectivity index (χ0v) is 16.8. The van der Waals surface area contributed by atoms with E-state index >= 15 is 0 Å². The number of thiophene rings is 1. The molecule has 6 heteroatoms. The first kappa shape index (κ1) is 16.4. The molecule has 3 nitrogen and oxygen atoms in total. The minimum atomic E-state index is -0.333. The lowest BCUT2D eigenvalue weighted by Gasteiger charge is -2.38. The molecule has 26 heavy (non-hydrogen) atoms. The smallest absolute Gasteiger partial charge is 0.215 e. The Morgan fingerprint density at radius 1 is 1.12 bits per heavy atom. The van der Waals surface area contributed by atoms with Crippen LogP contribution in [0, 0.1) is 0 Å². The minimum absolute atomic E-state index is 0.134. The van der Waals surface area contributed by atoms with E-state index in [1.165, 1.54) is 4.88 Å². The third-order valence-corrected chi connectivity index (χ3v) is 6.49. The molecule has 5 rings (SSSR count). The highest BCUT2D eigenvalue weighted by Crippen LogP contribution is 2.49. The molecule has 2 aliphatic rings. The molecule has 0 saturated heterocycles. The summed E-state index contributed by atoms with van der Waals surface area (Å²) < 4.78 is 7.39. The predicted octanol–water partition coefficient (Wildman–Crippen LogP) is 6.41. The van der Waals surface area contributed by atoms with Crippen molar-refractivity contribution in [3.05, 3.63) is 85.5 Å². The van der Waals surface area contributed by atoms with E-state index in [2.05, 4.69) is 44.5 Å². The van der Waals surface area contributed by atoms with Crippen molar-refractivity contribution in [1.82, 2.24) is 5.01 Å². The third kappa shape index (κ3) is 2.66. The van der Waals surface area contributed by atoms with Gasteiger partial charge in [-0.05, 0) is 35.7 Å². The maximum Gasteiger partial charge on any atom is 0.215 e. The first-order chi connectivity index (χ1) is 12.7. The molecular weight excluding hydrogens is 432 g/mol. The van der Waals surface area contributed by atoms with Crippen LogP contribution in [0.15, 0.2) is 69.6 Å². The fourth-order valence-corrected chi connectivity index (χ4v) is 4.86. The van der Waals surface area contributed by atoms with E-state index in [9.17, 15) is 0 Å². The van der Waals surface area contributed by atoms with Crippen molar-refractivity contribution in [3.63, 3.8) is 0 Å². The van der Waals surface area contributed by atoms with Crippen LogP contribution in [0.5, 0.6) is 5.75 Å². The number of hydrogen-bond acceptors (Lipinski definition) is 4. The fraction of sp³-hybridized carbons (Fsp3) is 0.150. The lowest BCUT2D eigenvalue weighted by Crippen LogP contribution is -2.33. The first-order valence-electron chi connectivity index (χ1n) is 8.31. The Morgan fingerprint density at radius 3 is 2.81 bits per heavy atom. The van der Waals surface area contributed by atoms with E-state index in [1.807, 2.05) is 36.4 Å². The third-order valence-electron chi connectivity index (χ3n) is 4.73. The summed E-state index contributed by atoms with van der Waals surface area (Å²) in [5, 5.41) is 9.78. The normalized spacial score (nSPS) is 21.0. The Bertz CT molecular complexity index is 1000. The van der Waals surface area contributed by atoms with E-state index in [1.54, 1.807) is 11.3 Å². The van der Waals surface area contributed by atoms with Crippen LogP contribution >= 0.6 is 38.9 Å². The second kappa shape index (κ2) is 6.41. The van der Waals surface area contributed by atoms with Gasteiger partial charge >= 0.3 is 0 Å². The van der Waals surface area contributed by atoms with Gasteiger partial charge in [-0.1, -0.05) is 51.8 Å². The summed E-state index contributed by atoms with van der Waals surface area (Å²) in [6.07, 6.45) is 0.522. The number of ether oxygens (including phenoxy) is 1. The van der Waals surface area contributed by atoms with Gasteiger partial charge < -0.3 is 4.74 Å². The average molecular weight is 446 g/mol. The van der Waals surface area contributed by atoms with Gasteiger partial charge in [0.25, 0.3) is 0 Å². The molecule has 0 N–H and O–H groups in total. The van der Waals surface area contributed by atoms with Crippen LogP contribution < -0.4 is 4.74 Å². The van der Waals surface area contributed by atoms with Crippen LogP contribution in [-0.2, 0) is 0 Å². The van der Waals surface area contributed by atoms with Crippen LogP contribution in [-0.4, -0.2) is 10.7 Å². The molecule has 0 spiro atoms. The molecule has 3 aromatic rings. The molecule has 2 atom stereocenters. The monoisotopic (exact) mass is 444 g/mol. The molecule has 2 aliphatic heterocycles. The SMILES string of the molecule is Clc1ccccc1[C@H]1Oc2ccc(Br)cc2[C@@H]2CC(c3cccs3)=NN12. The van der Waals surface area contributed by atoms with Crippen molar-refractivity contribution >= 4 is 44.6 Å². The van der Waals surface area contributed by atoms with E-state index in [4.69, 9.17) is 21.4 Å². The van der Waals surface area contributed by atoms with Crippen molar-refractivity contribution in [2.75, 3.05) is 0 Å². The summed E-state index contributed by atoms with van der Waals surface area (Å²) in [6, 6.07) is 18.3. The number of fused-ring (bicyclic) bond motifs is 3. The summed E-state index contributed by atoms with van der Waals surface area (Å²) in [5.74, 6) is 0.891. The maximum atomic E-state index is 6.48. The number of benzene rings is 2. The van der Waals surface area contributed by atoms with Crippen molar-refractivity contribution in [2.45, 2.75) is 18.7 Å². The number of halogens is 2. The van der Waals surface area contributed by atoms with Crippen LogP contribution in [0.2, 0.25) is 5.02 Å². The van der Waals surface area contributed by atoms with Gasteiger partial charge in [0.05, 0.1) is 16.6 Å². The molecule has 0 fully saturated rings. The van der Waals surface area contributed by atoms with Gasteiger partial charge in [0.1, 0.15) is 5.75 Å². The summed E-state index contributed by atoms with van der Waals surface area (Å²) in [7, 11) is 0. The predicted molar refractivity (Wildman–Crippen MR) is 109 cm³/mol. The molecule has 0 bridgehead atoms. The van der Waals surface area contributed by atoms with Gasteiger partial charge in [-0.3, -0.25) is 0 Å². The summed E-state index contributed by atoms with van der Waals surface area (Å²) in [5.41, 5.74) is 3.18. The van der Waals surface area contributed by atoms with E-state index in [-0.39, 0.29) is 12.3 Å². The molecule has 0 unspecified atom stereocenters. The highest BCUT2D eigenvalue weighted by Gasteiger charge is 2.41. The molecule has 3 heterocycles. The van der Waals surface area contributed by atoms with Gasteiger partial charge in [0, 0.05) is 27.0 Å². The quantitative estimate of drug-likeness (QED) is 0.455. The highest BCUT2D eigenvalue weighted by atomic mass is 79.9. The number of hydrazone groups is 1. The van der Waals surface area contributed by atoms with Crippen molar-refractivity contribution in [1.29, 1.82) is 0 Å². The molecule has 0 saturated carbocycles. The number of rotatable bonds is 2. The van der Waals surface area contributed by atoms with Crippen LogP contribution in [0.25, 0.3) is 0 Å². The van der Waals surface area contributed by atoms with E-state index < -0.39 is 0 Å². The van der Waals surface area contributed by atoms with Gasteiger partial charge in [-0.15, -0.1) is 11.3 Å². The topological polar surface area (TPSA) is 24.8 Å². The molecule has 0 amide bonds. The largest absolute Gasteiger partial charge is 0.464 e. The van der Waals surface area contributed by atoms with Crippen molar-refractivity contribution in [3.8, 4) is 5.75 Å². The molecule has 0 aliphatic carbocycles. The van der Waals surface area contributed by atoms with Gasteiger partial charge in [0.2, 0.25) is 6.23 Å². The minimum Gasteiger partial charge on any atom is -0.464 e. The number of nitrogens with zero attached hydrogens (tertiary/aromatic N) is 2. The summed E-state index contributed by atoms with van der Waals surface area (Å²) >= 11 is 11.8. The van der Waals surface area contributed by atoms with Crippen molar-refractivity contribution < 1.29 is 4.74 Å². The van der Waals surface area contributed by atoms with E-state index in [0.29, 0.717) is 5.02 Å². The highest BCUT2D eigenvalue weighted by molar-refractivity contribution is 9.10. The molecular formula is C20H14BrClN2OS. The molecule has 1 aromatic heterocycles. The van der Waals surface area contributed by atoms with Crippen molar-refractivity contribution in [2.24, 2.45) is 5.10 Å². The second-order valence-corrected chi connectivity index (χ2v) is 8.57. The Labute approximate surface area is 169 Å². The van der Waals surface area contributed by atoms with Crippen LogP contribution in [0.1, 0.15) is 34.7 Å². The van der Waals surface area contributed by atoms with Crippen LogP contribution in [0.4, 0.5) is 0 Å². The summed E-state index contributed by atoms with van der Waals surface area (Å²) in [4.78, 5) is 1.20. The lowest BCUT2D eigenvalue weighted by molar-refractivity contribution is -0.0190. The molecule has 2 aromatic carbocycles. The summed E-state index contributed by atoms with van der Waals surface area (Å²) in [6.45, 7) is 0. The van der Waals surface area contributed by atoms with Gasteiger partial charge in [0.15, 0.2) is 0 Å². The Morgan fingerprint density at radius 2 is 2.00 bits per heavy atom. The first-order valence-corrected chi connectivity index (χ1v) is 10.4. The van der Waals surface area contributed by atoms with E-state index in [0.717, 1.165) is 33.5 Å². The Kier molecular flexibility index (Phi) is 4.03. The molecule has 0 radical (unpaired) electrons. The standard InChI is InChI=1S/C20H14BrClN2OS/c21-12-7-8-18-14(10-12)17-11-16(19-6-3-9-26-19)23-24(17)20(25-18)13-4-1-2-5-15(13)22/h1-10,17,20H,11H2/t17-,20+/m0/s1. The second-order valence-electron chi connectivity index (χ2n) is 6.30. The van der Waals surface area contributed by atoms with Gasteiger partial charge in [-0.25, -0.2) is 5.01 Å². The van der Waals surface area contributed by atoms with Crippen LogP contribution in [0.3, 0.4) is 0 Å². The Balaban J connectivity index is 1.64. The van der Waals surface area contributed by atoms with Gasteiger partial charge in [-0.2, -0.15) is 5.10 Å².